The van der Waals surface area contributed by atoms with Crippen LogP contribution in [-0.2, 0) is 17.3 Å². The van der Waals surface area contributed by atoms with Gasteiger partial charge >= 0.3 is 6.18 Å². The third-order valence-electron chi connectivity index (χ3n) is 5.05. The molecule has 2 aliphatic carbocycles. The van der Waals surface area contributed by atoms with E-state index >= 15 is 0 Å². The maximum absolute atomic E-state index is 13.5. The number of morpholine rings is 1. The molecule has 1 aliphatic heterocycles. The molecule has 2 unspecified atom stereocenters. The van der Waals surface area contributed by atoms with Gasteiger partial charge in [0.25, 0.3) is 0 Å². The summed E-state index contributed by atoms with van der Waals surface area (Å²) in [6.07, 6.45) is 6.14. The predicted octanol–water partition coefficient (Wildman–Crippen LogP) is 5.12. The van der Waals surface area contributed by atoms with Gasteiger partial charge in [0.05, 0.1) is 30.0 Å². The monoisotopic (exact) mass is 413 g/mol. The van der Waals surface area contributed by atoms with E-state index in [0.717, 1.165) is 18.5 Å². The second kappa shape index (κ2) is 6.47. The number of hydrogen-bond donors (Lipinski definition) is 0. The zero-order valence-electron chi connectivity index (χ0n) is 13.6. The van der Waals surface area contributed by atoms with Gasteiger partial charge in [0.2, 0.25) is 0 Å². The van der Waals surface area contributed by atoms with Crippen molar-refractivity contribution in [1.29, 1.82) is 0 Å². The van der Waals surface area contributed by atoms with E-state index in [1.54, 1.807) is 6.07 Å². The third kappa shape index (κ3) is 3.51. The number of alkyl halides is 3. The second-order valence-corrected chi connectivity index (χ2v) is 7.75. The lowest BCUT2D eigenvalue weighted by atomic mass is 9.97. The Morgan fingerprint density at radius 3 is 2.64 bits per heavy atom. The molecule has 2 nitrogen and oxygen atoms in total. The van der Waals surface area contributed by atoms with Crippen molar-refractivity contribution in [2.24, 2.45) is 5.92 Å². The van der Waals surface area contributed by atoms with Gasteiger partial charge in [-0.05, 0) is 58.8 Å². The Morgan fingerprint density at radius 1 is 1.16 bits per heavy atom. The molecular weight excluding hydrogens is 395 g/mol. The summed E-state index contributed by atoms with van der Waals surface area (Å²) < 4.78 is 46.7. The second-order valence-electron chi connectivity index (χ2n) is 6.90. The van der Waals surface area contributed by atoms with Gasteiger partial charge in [-0.3, -0.25) is 0 Å². The van der Waals surface area contributed by atoms with E-state index in [4.69, 9.17) is 4.74 Å². The van der Waals surface area contributed by atoms with Crippen molar-refractivity contribution in [2.75, 3.05) is 18.1 Å². The van der Waals surface area contributed by atoms with Gasteiger partial charge in [-0.2, -0.15) is 13.2 Å². The van der Waals surface area contributed by atoms with Gasteiger partial charge in [0.15, 0.2) is 0 Å². The molecule has 0 N–H and O–H groups in total. The Balaban J connectivity index is 1.73. The molecule has 0 spiro atoms. The normalized spacial score (nSPS) is 26.0. The minimum absolute atomic E-state index is 0.0144. The lowest BCUT2D eigenvalue weighted by molar-refractivity contribution is -0.138. The highest BCUT2D eigenvalue weighted by Crippen LogP contribution is 2.43. The van der Waals surface area contributed by atoms with Crippen molar-refractivity contribution in [2.45, 2.75) is 37.6 Å². The van der Waals surface area contributed by atoms with E-state index < -0.39 is 11.7 Å². The van der Waals surface area contributed by atoms with Crippen LogP contribution >= 0.6 is 15.9 Å². The van der Waals surface area contributed by atoms with Crippen LogP contribution < -0.4 is 4.90 Å². The zero-order valence-corrected chi connectivity index (χ0v) is 15.2. The first-order valence-corrected chi connectivity index (χ1v) is 9.35. The van der Waals surface area contributed by atoms with Gasteiger partial charge < -0.3 is 9.64 Å². The topological polar surface area (TPSA) is 12.5 Å². The van der Waals surface area contributed by atoms with Crippen LogP contribution in [0.15, 0.2) is 40.9 Å². The smallest absolute Gasteiger partial charge is 0.370 e. The highest BCUT2D eigenvalue weighted by atomic mass is 79.9. The van der Waals surface area contributed by atoms with Gasteiger partial charge in [-0.1, -0.05) is 24.3 Å². The number of rotatable bonds is 3. The lowest BCUT2D eigenvalue weighted by Gasteiger charge is -2.41. The van der Waals surface area contributed by atoms with Crippen molar-refractivity contribution in [3.05, 3.63) is 52.0 Å². The Hall–Kier alpha value is -1.27. The fourth-order valence-electron chi connectivity index (χ4n) is 3.62. The van der Waals surface area contributed by atoms with E-state index in [1.807, 2.05) is 18.2 Å². The number of halogens is 4. The first kappa shape index (κ1) is 17.2. The zero-order chi connectivity index (χ0) is 17.6. The molecule has 6 heteroatoms. The molecule has 1 heterocycles. The summed E-state index contributed by atoms with van der Waals surface area (Å²) in [5.41, 5.74) is 0.715. The molecule has 0 bridgehead atoms. The van der Waals surface area contributed by atoms with Crippen LogP contribution in [0.3, 0.4) is 0 Å². The minimum Gasteiger partial charge on any atom is -0.370 e. The average Bonchev–Trinajstić information content (AvgIpc) is 3.39. The van der Waals surface area contributed by atoms with E-state index in [0.29, 0.717) is 35.5 Å². The highest BCUT2D eigenvalue weighted by molar-refractivity contribution is 9.10. The Kier molecular flexibility index (Phi) is 4.44. The molecule has 3 aliphatic rings. The summed E-state index contributed by atoms with van der Waals surface area (Å²) in [5.74, 6) is 0.394. The summed E-state index contributed by atoms with van der Waals surface area (Å²) in [6, 6.07) is 3.00. The molecule has 134 valence electrons. The quantitative estimate of drug-likeness (QED) is 0.681. The number of benzene rings is 1. The van der Waals surface area contributed by atoms with Crippen molar-refractivity contribution in [1.82, 2.24) is 0 Å². The lowest BCUT2D eigenvalue weighted by Crippen LogP contribution is -2.50. The fourth-order valence-corrected chi connectivity index (χ4v) is 4.19. The van der Waals surface area contributed by atoms with Crippen molar-refractivity contribution < 1.29 is 17.9 Å². The Labute approximate surface area is 153 Å². The van der Waals surface area contributed by atoms with Crippen LogP contribution in [0.5, 0.6) is 0 Å². The van der Waals surface area contributed by atoms with Crippen LogP contribution in [0.2, 0.25) is 0 Å². The highest BCUT2D eigenvalue weighted by Gasteiger charge is 2.37. The SMILES string of the molecule is FC(F)(F)c1cc(Br)c(N2CCOC3C=CC=CC32)cc1CC1CC1. The average molecular weight is 414 g/mol. The maximum atomic E-state index is 13.5. The van der Waals surface area contributed by atoms with Crippen LogP contribution in [0, 0.1) is 5.92 Å². The molecule has 1 aromatic carbocycles. The number of fused-ring (bicyclic) bond motifs is 1. The Bertz CT molecular complexity index is 724. The molecule has 2 fully saturated rings. The first-order valence-electron chi connectivity index (χ1n) is 8.56. The summed E-state index contributed by atoms with van der Waals surface area (Å²) >= 11 is 3.38. The predicted molar refractivity (Wildman–Crippen MR) is 94.7 cm³/mol. The Morgan fingerprint density at radius 2 is 1.92 bits per heavy atom. The number of nitrogens with zero attached hydrogens (tertiary/aromatic N) is 1. The van der Waals surface area contributed by atoms with Gasteiger partial charge in [-0.15, -0.1) is 0 Å². The maximum Gasteiger partial charge on any atom is 0.416 e. The molecule has 1 saturated carbocycles. The van der Waals surface area contributed by atoms with E-state index in [-0.39, 0.29) is 12.1 Å². The van der Waals surface area contributed by atoms with Crippen LogP contribution in [0.1, 0.15) is 24.0 Å². The van der Waals surface area contributed by atoms with Gasteiger partial charge in [-0.25, -0.2) is 0 Å². The summed E-state index contributed by atoms with van der Waals surface area (Å²) in [6.45, 7) is 1.22. The largest absolute Gasteiger partial charge is 0.416 e. The minimum atomic E-state index is -4.33. The number of anilines is 1. The van der Waals surface area contributed by atoms with Crippen LogP contribution in [0.4, 0.5) is 18.9 Å². The van der Waals surface area contributed by atoms with Gasteiger partial charge in [0, 0.05) is 11.0 Å². The van der Waals surface area contributed by atoms with Crippen molar-refractivity contribution >= 4 is 21.6 Å². The fraction of sp³-hybridized carbons (Fsp3) is 0.474. The molecule has 2 atom stereocenters. The van der Waals surface area contributed by atoms with Crippen LogP contribution in [0.25, 0.3) is 0 Å². The van der Waals surface area contributed by atoms with E-state index in [9.17, 15) is 13.2 Å². The van der Waals surface area contributed by atoms with Crippen molar-refractivity contribution in [3.8, 4) is 0 Å². The molecule has 0 aromatic heterocycles. The number of ether oxygens (including phenoxy) is 1. The molecule has 0 radical (unpaired) electrons. The third-order valence-corrected chi connectivity index (χ3v) is 5.69. The summed E-state index contributed by atoms with van der Waals surface area (Å²) in [7, 11) is 0. The number of allylic oxidation sites excluding steroid dienone is 2. The van der Waals surface area contributed by atoms with Crippen molar-refractivity contribution in [3.63, 3.8) is 0 Å². The first-order chi connectivity index (χ1) is 11.9. The molecule has 0 amide bonds. The van der Waals surface area contributed by atoms with Crippen LogP contribution in [-0.4, -0.2) is 25.3 Å². The number of hydrogen-bond acceptors (Lipinski definition) is 2. The summed E-state index contributed by atoms with van der Waals surface area (Å²) in [5, 5.41) is 0. The van der Waals surface area contributed by atoms with E-state index in [1.165, 1.54) is 6.07 Å². The standard InChI is InChI=1S/C19H19BrF3NO/c20-15-11-14(19(21,22)23)13(9-12-5-6-12)10-17(15)24-7-8-25-18-4-2-1-3-16(18)24/h1-4,10-12,16,18H,5-9H2. The summed E-state index contributed by atoms with van der Waals surface area (Å²) in [4.78, 5) is 2.15. The van der Waals surface area contributed by atoms with E-state index in [2.05, 4.69) is 26.9 Å². The molecule has 4 rings (SSSR count). The molecule has 25 heavy (non-hydrogen) atoms. The molecule has 1 aromatic rings. The molecule has 1 saturated heterocycles. The molecular formula is C19H19BrF3NO. The van der Waals surface area contributed by atoms with Gasteiger partial charge in [0.1, 0.15) is 0 Å².